The van der Waals surface area contributed by atoms with Gasteiger partial charge >= 0.3 is 5.97 Å². The summed E-state index contributed by atoms with van der Waals surface area (Å²) in [6, 6.07) is 5.00. The Bertz CT molecular complexity index is 379. The Labute approximate surface area is 100 Å². The first-order chi connectivity index (χ1) is 8.20. The van der Waals surface area contributed by atoms with Crippen LogP contribution < -0.4 is 10.5 Å². The van der Waals surface area contributed by atoms with Crippen LogP contribution in [-0.2, 0) is 4.74 Å². The van der Waals surface area contributed by atoms with Crippen molar-refractivity contribution in [1.82, 2.24) is 0 Å². The molecule has 0 saturated heterocycles. The zero-order valence-electron chi connectivity index (χ0n) is 9.81. The summed E-state index contributed by atoms with van der Waals surface area (Å²) in [5, 5.41) is 8.64. The largest absolute Gasteiger partial charge is 0.493 e. The number of hydrogen-bond donors (Lipinski definition) is 2. The van der Waals surface area contributed by atoms with Crippen molar-refractivity contribution < 1.29 is 19.4 Å². The molecule has 5 nitrogen and oxygen atoms in total. The minimum atomic E-state index is -0.514. The number of esters is 1. The van der Waals surface area contributed by atoms with E-state index in [4.69, 9.17) is 15.6 Å². The molecule has 1 aromatic carbocycles. The number of aliphatic hydroxyl groups is 1. The predicted octanol–water partition coefficient (Wildman–Crippen LogP) is 1.21. The first-order valence-electron chi connectivity index (χ1n) is 5.41. The number of hydrogen-bond acceptors (Lipinski definition) is 5. The molecule has 0 aliphatic heterocycles. The molecule has 1 aromatic rings. The molecular formula is C12H17NO4. The van der Waals surface area contributed by atoms with Gasteiger partial charge < -0.3 is 20.3 Å². The smallest absolute Gasteiger partial charge is 0.343 e. The number of anilines is 1. The van der Waals surface area contributed by atoms with Crippen molar-refractivity contribution in [2.24, 2.45) is 0 Å². The van der Waals surface area contributed by atoms with Crippen molar-refractivity contribution in [2.75, 3.05) is 26.1 Å². The van der Waals surface area contributed by atoms with Crippen LogP contribution in [0.15, 0.2) is 18.2 Å². The second-order valence-corrected chi connectivity index (χ2v) is 3.49. The number of benzene rings is 1. The minimum Gasteiger partial charge on any atom is -0.493 e. The third kappa shape index (κ3) is 3.64. The first kappa shape index (κ1) is 13.3. The van der Waals surface area contributed by atoms with Gasteiger partial charge in [0.25, 0.3) is 0 Å². The Morgan fingerprint density at radius 3 is 2.82 bits per heavy atom. The van der Waals surface area contributed by atoms with Gasteiger partial charge in [0.2, 0.25) is 0 Å². The topological polar surface area (TPSA) is 81.8 Å². The normalized spacial score (nSPS) is 10.0. The fourth-order valence-electron chi connectivity index (χ4n) is 1.38. The first-order valence-corrected chi connectivity index (χ1v) is 5.41. The number of carbonyl (C=O) groups excluding carboxylic acids is 1. The van der Waals surface area contributed by atoms with Crippen LogP contribution in [0.4, 0.5) is 5.69 Å². The summed E-state index contributed by atoms with van der Waals surface area (Å²) in [6.07, 6.45) is 1.38. The lowest BCUT2D eigenvalue weighted by Gasteiger charge is -2.11. The number of aliphatic hydroxyl groups excluding tert-OH is 1. The summed E-state index contributed by atoms with van der Waals surface area (Å²) >= 11 is 0. The van der Waals surface area contributed by atoms with E-state index in [2.05, 4.69) is 4.74 Å². The van der Waals surface area contributed by atoms with E-state index in [9.17, 15) is 4.79 Å². The molecule has 0 atom stereocenters. The molecule has 0 fully saturated rings. The summed E-state index contributed by atoms with van der Waals surface area (Å²) < 4.78 is 10.1. The number of unbranched alkanes of at least 4 members (excludes halogenated alkanes) is 1. The third-order valence-corrected chi connectivity index (χ3v) is 2.26. The van der Waals surface area contributed by atoms with Gasteiger partial charge in [-0.05, 0) is 25.0 Å². The Kier molecular flexibility index (Phi) is 5.29. The number of ether oxygens (including phenoxy) is 2. The highest BCUT2D eigenvalue weighted by Gasteiger charge is 2.16. The van der Waals surface area contributed by atoms with Gasteiger partial charge in [0.1, 0.15) is 11.3 Å². The zero-order valence-corrected chi connectivity index (χ0v) is 9.81. The Morgan fingerprint density at radius 1 is 1.41 bits per heavy atom. The standard InChI is InChI=1S/C12H17NO4/c1-16-12(15)11-9(13)5-4-6-10(11)17-8-3-2-7-14/h4-6,14H,2-3,7-8,13H2,1H3. The van der Waals surface area contributed by atoms with E-state index in [0.29, 0.717) is 30.9 Å². The average molecular weight is 239 g/mol. The fraction of sp³-hybridized carbons (Fsp3) is 0.417. The molecule has 1 rings (SSSR count). The van der Waals surface area contributed by atoms with Gasteiger partial charge in [0.15, 0.2) is 0 Å². The highest BCUT2D eigenvalue weighted by Crippen LogP contribution is 2.25. The molecule has 94 valence electrons. The van der Waals surface area contributed by atoms with E-state index >= 15 is 0 Å². The van der Waals surface area contributed by atoms with Crippen LogP contribution in [0, 0.1) is 0 Å². The molecule has 0 aliphatic rings. The second-order valence-electron chi connectivity index (χ2n) is 3.49. The highest BCUT2D eigenvalue weighted by atomic mass is 16.5. The molecule has 0 spiro atoms. The Hall–Kier alpha value is -1.75. The van der Waals surface area contributed by atoms with Crippen LogP contribution in [0.3, 0.4) is 0 Å². The van der Waals surface area contributed by atoms with Gasteiger partial charge in [-0.2, -0.15) is 0 Å². The van der Waals surface area contributed by atoms with Crippen LogP contribution in [0.1, 0.15) is 23.2 Å². The van der Waals surface area contributed by atoms with E-state index in [1.165, 1.54) is 7.11 Å². The van der Waals surface area contributed by atoms with Crippen molar-refractivity contribution in [1.29, 1.82) is 0 Å². The number of rotatable bonds is 6. The van der Waals surface area contributed by atoms with E-state index in [-0.39, 0.29) is 12.2 Å². The van der Waals surface area contributed by atoms with Crippen LogP contribution in [0.5, 0.6) is 5.75 Å². The van der Waals surface area contributed by atoms with Crippen molar-refractivity contribution in [3.63, 3.8) is 0 Å². The third-order valence-electron chi connectivity index (χ3n) is 2.26. The molecule has 0 saturated carbocycles. The number of methoxy groups -OCH3 is 1. The summed E-state index contributed by atoms with van der Waals surface area (Å²) in [5.41, 5.74) is 6.29. The quantitative estimate of drug-likeness (QED) is 0.443. The molecule has 0 heterocycles. The van der Waals surface area contributed by atoms with Crippen LogP contribution in [0.2, 0.25) is 0 Å². The maximum Gasteiger partial charge on any atom is 0.343 e. The molecule has 17 heavy (non-hydrogen) atoms. The van der Waals surface area contributed by atoms with Crippen molar-refractivity contribution in [2.45, 2.75) is 12.8 Å². The molecule has 0 amide bonds. The molecule has 0 unspecified atom stereocenters. The van der Waals surface area contributed by atoms with Gasteiger partial charge in [0, 0.05) is 12.3 Å². The van der Waals surface area contributed by atoms with Gasteiger partial charge in [0.05, 0.1) is 13.7 Å². The molecule has 0 radical (unpaired) electrons. The molecular weight excluding hydrogens is 222 g/mol. The molecule has 3 N–H and O–H groups in total. The number of nitrogens with two attached hydrogens (primary N) is 1. The van der Waals surface area contributed by atoms with Gasteiger partial charge in [-0.25, -0.2) is 4.79 Å². The minimum absolute atomic E-state index is 0.129. The van der Waals surface area contributed by atoms with Crippen molar-refractivity contribution in [3.8, 4) is 5.75 Å². The van der Waals surface area contributed by atoms with E-state index < -0.39 is 5.97 Å². The molecule has 0 aromatic heterocycles. The zero-order chi connectivity index (χ0) is 12.7. The lowest BCUT2D eigenvalue weighted by atomic mass is 10.1. The van der Waals surface area contributed by atoms with Gasteiger partial charge in [-0.3, -0.25) is 0 Å². The lowest BCUT2D eigenvalue weighted by molar-refractivity contribution is 0.0597. The summed E-state index contributed by atoms with van der Waals surface area (Å²) in [6.45, 7) is 0.554. The average Bonchev–Trinajstić information content (AvgIpc) is 2.34. The summed E-state index contributed by atoms with van der Waals surface area (Å²) in [5.74, 6) is -0.102. The van der Waals surface area contributed by atoms with Crippen LogP contribution >= 0.6 is 0 Å². The van der Waals surface area contributed by atoms with E-state index in [1.54, 1.807) is 18.2 Å². The molecule has 0 bridgehead atoms. The summed E-state index contributed by atoms with van der Waals surface area (Å²) in [7, 11) is 1.30. The van der Waals surface area contributed by atoms with Crippen molar-refractivity contribution in [3.05, 3.63) is 23.8 Å². The number of carbonyl (C=O) groups is 1. The Morgan fingerprint density at radius 2 is 2.18 bits per heavy atom. The van der Waals surface area contributed by atoms with Gasteiger partial charge in [-0.15, -0.1) is 0 Å². The van der Waals surface area contributed by atoms with E-state index in [0.717, 1.165) is 0 Å². The Balaban J connectivity index is 2.76. The highest BCUT2D eigenvalue weighted by molar-refractivity contribution is 5.98. The van der Waals surface area contributed by atoms with Crippen molar-refractivity contribution >= 4 is 11.7 Å². The predicted molar refractivity (Wildman–Crippen MR) is 64.0 cm³/mol. The maximum absolute atomic E-state index is 11.5. The monoisotopic (exact) mass is 239 g/mol. The fourth-order valence-corrected chi connectivity index (χ4v) is 1.38. The summed E-state index contributed by atoms with van der Waals surface area (Å²) in [4.78, 5) is 11.5. The second kappa shape index (κ2) is 6.75. The van der Waals surface area contributed by atoms with Crippen LogP contribution in [-0.4, -0.2) is 31.4 Å². The molecule has 5 heteroatoms. The SMILES string of the molecule is COC(=O)c1c(N)cccc1OCCCCO. The van der Waals surface area contributed by atoms with E-state index in [1.807, 2.05) is 0 Å². The lowest BCUT2D eigenvalue weighted by Crippen LogP contribution is -2.09. The molecule has 0 aliphatic carbocycles. The van der Waals surface area contributed by atoms with Crippen LogP contribution in [0.25, 0.3) is 0 Å². The maximum atomic E-state index is 11.5. The van der Waals surface area contributed by atoms with Gasteiger partial charge in [-0.1, -0.05) is 6.07 Å². The number of nitrogen functional groups attached to an aromatic ring is 1.